The standard InChI is InChI=1S/C11H20N2O4S/c1-2-17-11(14)5-8-18(15,16)13-9-10-3-6-12-7-4-10/h3,12-13H,2,4-9H2,1H3. The van der Waals surface area contributed by atoms with Crippen LogP contribution in [0.1, 0.15) is 19.8 Å². The summed E-state index contributed by atoms with van der Waals surface area (Å²) in [6, 6.07) is 0. The van der Waals surface area contributed by atoms with E-state index in [9.17, 15) is 13.2 Å². The van der Waals surface area contributed by atoms with Crippen LogP contribution in [0.2, 0.25) is 0 Å². The van der Waals surface area contributed by atoms with E-state index in [1.54, 1.807) is 6.92 Å². The van der Waals surface area contributed by atoms with Gasteiger partial charge < -0.3 is 10.1 Å². The second kappa shape index (κ2) is 7.50. The van der Waals surface area contributed by atoms with Gasteiger partial charge in [0.25, 0.3) is 0 Å². The van der Waals surface area contributed by atoms with E-state index < -0.39 is 16.0 Å². The SMILES string of the molecule is CCOC(=O)CCS(=O)(=O)NCC1=CCNCC1. The number of esters is 1. The molecule has 0 aromatic heterocycles. The molecule has 1 rings (SSSR count). The molecule has 2 N–H and O–H groups in total. The van der Waals surface area contributed by atoms with Crippen LogP contribution in [0.4, 0.5) is 0 Å². The zero-order chi connectivity index (χ0) is 13.4. The summed E-state index contributed by atoms with van der Waals surface area (Å²) in [7, 11) is -3.41. The maximum Gasteiger partial charge on any atom is 0.306 e. The Morgan fingerprint density at radius 1 is 1.56 bits per heavy atom. The molecule has 1 heterocycles. The summed E-state index contributed by atoms with van der Waals surface area (Å²) in [6.45, 7) is 3.93. The fourth-order valence-corrected chi connectivity index (χ4v) is 2.54. The molecule has 0 saturated carbocycles. The summed E-state index contributed by atoms with van der Waals surface area (Å²) >= 11 is 0. The fourth-order valence-electron chi connectivity index (χ4n) is 1.56. The topological polar surface area (TPSA) is 84.5 Å². The average Bonchev–Trinajstić information content (AvgIpc) is 2.36. The van der Waals surface area contributed by atoms with Crippen LogP contribution in [0.25, 0.3) is 0 Å². The summed E-state index contributed by atoms with van der Waals surface area (Å²) < 4.78 is 30.4. The zero-order valence-electron chi connectivity index (χ0n) is 10.6. The molecule has 0 fully saturated rings. The number of rotatable bonds is 7. The summed E-state index contributed by atoms with van der Waals surface area (Å²) in [5.74, 6) is -0.707. The van der Waals surface area contributed by atoms with E-state index in [0.29, 0.717) is 6.54 Å². The lowest BCUT2D eigenvalue weighted by molar-refractivity contribution is -0.142. The molecule has 6 nitrogen and oxygen atoms in total. The van der Waals surface area contributed by atoms with Gasteiger partial charge in [0.1, 0.15) is 0 Å². The average molecular weight is 276 g/mol. The molecule has 0 radical (unpaired) electrons. The quantitative estimate of drug-likeness (QED) is 0.496. The van der Waals surface area contributed by atoms with Gasteiger partial charge in [-0.2, -0.15) is 0 Å². The summed E-state index contributed by atoms with van der Waals surface area (Å²) in [5.41, 5.74) is 1.08. The smallest absolute Gasteiger partial charge is 0.306 e. The predicted molar refractivity (Wildman–Crippen MR) is 68.6 cm³/mol. The van der Waals surface area contributed by atoms with Gasteiger partial charge in [-0.1, -0.05) is 11.6 Å². The highest BCUT2D eigenvalue weighted by atomic mass is 32.2. The summed E-state index contributed by atoms with van der Waals surface area (Å²) in [6.07, 6.45) is 2.72. The largest absolute Gasteiger partial charge is 0.466 e. The third-order valence-electron chi connectivity index (χ3n) is 2.56. The Morgan fingerprint density at radius 3 is 2.94 bits per heavy atom. The number of nitrogens with one attached hydrogen (secondary N) is 2. The lowest BCUT2D eigenvalue weighted by Crippen LogP contribution is -2.32. The maximum atomic E-state index is 11.6. The Labute approximate surface area is 108 Å². The lowest BCUT2D eigenvalue weighted by Gasteiger charge is -2.14. The van der Waals surface area contributed by atoms with Crippen molar-refractivity contribution in [1.29, 1.82) is 0 Å². The van der Waals surface area contributed by atoms with Gasteiger partial charge in [0.2, 0.25) is 10.0 Å². The second-order valence-corrected chi connectivity index (χ2v) is 5.94. The Bertz CT molecular complexity index is 403. The molecule has 104 valence electrons. The Kier molecular flexibility index (Phi) is 6.31. The van der Waals surface area contributed by atoms with Gasteiger partial charge >= 0.3 is 5.97 Å². The molecule has 0 aromatic carbocycles. The molecule has 0 unspecified atom stereocenters. The molecule has 7 heteroatoms. The third-order valence-corrected chi connectivity index (χ3v) is 3.88. The van der Waals surface area contributed by atoms with Crippen molar-refractivity contribution in [3.8, 4) is 0 Å². The summed E-state index contributed by atoms with van der Waals surface area (Å²) in [5, 5.41) is 3.15. The van der Waals surface area contributed by atoms with Gasteiger partial charge in [0, 0.05) is 13.1 Å². The Hall–Kier alpha value is -0.920. The molecule has 0 saturated heterocycles. The highest BCUT2D eigenvalue weighted by Crippen LogP contribution is 2.03. The lowest BCUT2D eigenvalue weighted by atomic mass is 10.1. The van der Waals surface area contributed by atoms with Crippen molar-refractivity contribution in [2.45, 2.75) is 19.8 Å². The van der Waals surface area contributed by atoms with E-state index >= 15 is 0 Å². The maximum absolute atomic E-state index is 11.6. The first-order valence-corrected chi connectivity index (χ1v) is 7.70. The molecule has 0 aromatic rings. The first-order chi connectivity index (χ1) is 8.53. The van der Waals surface area contributed by atoms with Gasteiger partial charge in [0.15, 0.2) is 0 Å². The Balaban J connectivity index is 2.31. The van der Waals surface area contributed by atoms with E-state index in [4.69, 9.17) is 0 Å². The van der Waals surface area contributed by atoms with Crippen LogP contribution in [0.5, 0.6) is 0 Å². The van der Waals surface area contributed by atoms with Crippen LogP contribution < -0.4 is 10.0 Å². The number of hydrogen-bond donors (Lipinski definition) is 2. The number of carbonyl (C=O) groups is 1. The van der Waals surface area contributed by atoms with Crippen LogP contribution in [-0.4, -0.2) is 46.4 Å². The minimum Gasteiger partial charge on any atom is -0.466 e. The minimum absolute atomic E-state index is 0.107. The Morgan fingerprint density at radius 2 is 2.33 bits per heavy atom. The van der Waals surface area contributed by atoms with Gasteiger partial charge in [-0.3, -0.25) is 4.79 Å². The van der Waals surface area contributed by atoms with E-state index in [1.165, 1.54) is 0 Å². The molecule has 0 bridgehead atoms. The van der Waals surface area contributed by atoms with Crippen molar-refractivity contribution in [3.05, 3.63) is 11.6 Å². The predicted octanol–water partition coefficient (Wildman–Crippen LogP) is -0.221. The highest BCUT2D eigenvalue weighted by molar-refractivity contribution is 7.89. The molecule has 0 spiro atoms. The first-order valence-electron chi connectivity index (χ1n) is 6.05. The summed E-state index contributed by atoms with van der Waals surface area (Å²) in [4.78, 5) is 11.1. The molecule has 1 aliphatic rings. The van der Waals surface area contributed by atoms with Crippen molar-refractivity contribution in [2.75, 3.05) is 32.0 Å². The normalized spacial score (nSPS) is 16.2. The molecule has 18 heavy (non-hydrogen) atoms. The molecular formula is C11H20N2O4S. The fraction of sp³-hybridized carbons (Fsp3) is 0.727. The van der Waals surface area contributed by atoms with Crippen molar-refractivity contribution >= 4 is 16.0 Å². The van der Waals surface area contributed by atoms with Crippen molar-refractivity contribution in [2.24, 2.45) is 0 Å². The number of sulfonamides is 1. The van der Waals surface area contributed by atoms with Gasteiger partial charge in [-0.15, -0.1) is 0 Å². The van der Waals surface area contributed by atoms with Crippen molar-refractivity contribution < 1.29 is 17.9 Å². The van der Waals surface area contributed by atoms with Crippen LogP contribution in [0.3, 0.4) is 0 Å². The minimum atomic E-state index is -3.41. The van der Waals surface area contributed by atoms with Crippen LogP contribution in [-0.2, 0) is 19.6 Å². The van der Waals surface area contributed by atoms with Gasteiger partial charge in [-0.05, 0) is 19.9 Å². The van der Waals surface area contributed by atoms with E-state index in [-0.39, 0.29) is 18.8 Å². The molecule has 0 aliphatic carbocycles. The molecular weight excluding hydrogens is 256 g/mol. The van der Waals surface area contributed by atoms with E-state index in [2.05, 4.69) is 14.8 Å². The molecule has 0 amide bonds. The van der Waals surface area contributed by atoms with Crippen LogP contribution in [0.15, 0.2) is 11.6 Å². The second-order valence-electron chi connectivity index (χ2n) is 4.01. The van der Waals surface area contributed by atoms with Crippen LogP contribution in [0, 0.1) is 0 Å². The van der Waals surface area contributed by atoms with Crippen molar-refractivity contribution in [1.82, 2.24) is 10.0 Å². The first kappa shape index (κ1) is 15.1. The monoisotopic (exact) mass is 276 g/mol. The highest BCUT2D eigenvalue weighted by Gasteiger charge is 2.14. The zero-order valence-corrected chi connectivity index (χ0v) is 11.4. The molecule has 1 aliphatic heterocycles. The third kappa shape index (κ3) is 6.13. The number of carbonyl (C=O) groups excluding carboxylic acids is 1. The van der Waals surface area contributed by atoms with Crippen LogP contribution >= 0.6 is 0 Å². The molecule has 0 atom stereocenters. The number of hydrogen-bond acceptors (Lipinski definition) is 5. The van der Waals surface area contributed by atoms with Gasteiger partial charge in [0.05, 0.1) is 18.8 Å². The van der Waals surface area contributed by atoms with Gasteiger partial charge in [-0.25, -0.2) is 13.1 Å². The number of ether oxygens (including phenoxy) is 1. The van der Waals surface area contributed by atoms with Crippen molar-refractivity contribution in [3.63, 3.8) is 0 Å². The van der Waals surface area contributed by atoms with E-state index in [1.807, 2.05) is 6.08 Å². The van der Waals surface area contributed by atoms with E-state index in [0.717, 1.165) is 25.1 Å².